The lowest BCUT2D eigenvalue weighted by atomic mass is 9.83. The summed E-state index contributed by atoms with van der Waals surface area (Å²) in [6.45, 7) is 0. The number of carbonyl (C=O) groups excluding carboxylic acids is 2. The molecule has 2 aromatic carbocycles. The highest BCUT2D eigenvalue weighted by Crippen LogP contribution is 2.35. The highest BCUT2D eigenvalue weighted by molar-refractivity contribution is 9.10. The molecule has 0 radical (unpaired) electrons. The van der Waals surface area contributed by atoms with Gasteiger partial charge in [0.1, 0.15) is 0 Å². The van der Waals surface area contributed by atoms with Crippen LogP contribution in [0.2, 0.25) is 5.02 Å². The number of ketones is 2. The van der Waals surface area contributed by atoms with Crippen LogP contribution in [0.1, 0.15) is 31.8 Å². The minimum atomic E-state index is -0.267. The molecule has 94 valence electrons. The maximum absolute atomic E-state index is 12.4. The first-order valence-electron chi connectivity index (χ1n) is 5.47. The summed E-state index contributed by atoms with van der Waals surface area (Å²) < 4.78 is 0.748. The monoisotopic (exact) mass is 335 g/mol. The SMILES string of the molecule is Nc1c(Cl)ccc2c1C(=O)c1ccc(Br)cc1C2=O. The Hall–Kier alpha value is -1.65. The van der Waals surface area contributed by atoms with Crippen LogP contribution in [-0.2, 0) is 0 Å². The molecule has 3 rings (SSSR count). The molecule has 0 atom stereocenters. The van der Waals surface area contributed by atoms with E-state index in [0.29, 0.717) is 16.7 Å². The third-order valence-corrected chi connectivity index (χ3v) is 3.96. The Morgan fingerprint density at radius 1 is 0.947 bits per heavy atom. The van der Waals surface area contributed by atoms with Crippen LogP contribution in [0.15, 0.2) is 34.8 Å². The Balaban J connectivity index is 2.36. The van der Waals surface area contributed by atoms with Gasteiger partial charge in [0, 0.05) is 21.2 Å². The van der Waals surface area contributed by atoms with E-state index in [1.807, 2.05) is 0 Å². The van der Waals surface area contributed by atoms with Gasteiger partial charge in [-0.25, -0.2) is 0 Å². The highest BCUT2D eigenvalue weighted by Gasteiger charge is 2.31. The lowest BCUT2D eigenvalue weighted by molar-refractivity contribution is 0.0979. The Morgan fingerprint density at radius 3 is 2.37 bits per heavy atom. The second kappa shape index (κ2) is 4.18. The molecule has 0 bridgehead atoms. The summed E-state index contributed by atoms with van der Waals surface area (Å²) in [4.78, 5) is 24.8. The Bertz CT molecular complexity index is 755. The van der Waals surface area contributed by atoms with Crippen LogP contribution in [0, 0.1) is 0 Å². The number of fused-ring (bicyclic) bond motifs is 2. The minimum Gasteiger partial charge on any atom is -0.397 e. The molecular formula is C14H7BrClNO2. The van der Waals surface area contributed by atoms with Gasteiger partial charge >= 0.3 is 0 Å². The molecule has 0 spiro atoms. The van der Waals surface area contributed by atoms with Crippen molar-refractivity contribution in [3.63, 3.8) is 0 Å². The van der Waals surface area contributed by atoms with Crippen molar-refractivity contribution in [2.75, 3.05) is 5.73 Å². The standard InChI is InChI=1S/C14H7BrClNO2/c15-6-1-2-7-9(5-6)13(18)8-3-4-10(16)12(17)11(8)14(7)19/h1-5H,17H2. The summed E-state index contributed by atoms with van der Waals surface area (Å²) in [5.74, 6) is -0.480. The van der Waals surface area contributed by atoms with Gasteiger partial charge in [-0.1, -0.05) is 27.5 Å². The van der Waals surface area contributed by atoms with Crippen LogP contribution in [-0.4, -0.2) is 11.6 Å². The lowest BCUT2D eigenvalue weighted by Crippen LogP contribution is -2.22. The number of nitrogens with two attached hydrogens (primary N) is 1. The molecule has 2 N–H and O–H groups in total. The summed E-state index contributed by atoms with van der Waals surface area (Å²) in [5.41, 5.74) is 7.23. The van der Waals surface area contributed by atoms with E-state index in [4.69, 9.17) is 17.3 Å². The van der Waals surface area contributed by atoms with Crippen LogP contribution < -0.4 is 5.73 Å². The summed E-state index contributed by atoms with van der Waals surface area (Å²) in [6.07, 6.45) is 0. The fourth-order valence-electron chi connectivity index (χ4n) is 2.21. The zero-order chi connectivity index (χ0) is 13.7. The van der Waals surface area contributed by atoms with Gasteiger partial charge < -0.3 is 5.73 Å². The number of carbonyl (C=O) groups is 2. The van der Waals surface area contributed by atoms with Crippen molar-refractivity contribution in [1.29, 1.82) is 0 Å². The largest absolute Gasteiger partial charge is 0.397 e. The molecule has 0 amide bonds. The van der Waals surface area contributed by atoms with E-state index < -0.39 is 0 Å². The molecule has 0 saturated carbocycles. The van der Waals surface area contributed by atoms with Crippen molar-refractivity contribution in [1.82, 2.24) is 0 Å². The number of hydrogen-bond donors (Lipinski definition) is 1. The molecule has 5 heteroatoms. The van der Waals surface area contributed by atoms with Crippen molar-refractivity contribution in [3.8, 4) is 0 Å². The predicted molar refractivity (Wildman–Crippen MR) is 76.9 cm³/mol. The molecular weight excluding hydrogens is 330 g/mol. The molecule has 0 heterocycles. The Labute approximate surface area is 122 Å². The van der Waals surface area contributed by atoms with E-state index in [0.717, 1.165) is 4.47 Å². The zero-order valence-corrected chi connectivity index (χ0v) is 11.9. The molecule has 3 nitrogen and oxygen atoms in total. The molecule has 19 heavy (non-hydrogen) atoms. The fourth-order valence-corrected chi connectivity index (χ4v) is 2.73. The smallest absolute Gasteiger partial charge is 0.196 e. The van der Waals surface area contributed by atoms with Gasteiger partial charge in [-0.15, -0.1) is 0 Å². The third-order valence-electron chi connectivity index (χ3n) is 3.13. The first-order chi connectivity index (χ1) is 9.00. The number of rotatable bonds is 0. The summed E-state index contributed by atoms with van der Waals surface area (Å²) in [5, 5.41) is 0.278. The summed E-state index contributed by atoms with van der Waals surface area (Å²) in [6, 6.07) is 8.05. The average molecular weight is 337 g/mol. The highest BCUT2D eigenvalue weighted by atomic mass is 79.9. The van der Waals surface area contributed by atoms with Crippen LogP contribution in [0.3, 0.4) is 0 Å². The normalized spacial score (nSPS) is 13.2. The van der Waals surface area contributed by atoms with Gasteiger partial charge in [0.05, 0.1) is 16.3 Å². The average Bonchev–Trinajstić information content (AvgIpc) is 2.39. The second-order valence-electron chi connectivity index (χ2n) is 4.23. The second-order valence-corrected chi connectivity index (χ2v) is 5.55. The van der Waals surface area contributed by atoms with Crippen molar-refractivity contribution in [3.05, 3.63) is 62.1 Å². The summed E-state index contributed by atoms with van der Waals surface area (Å²) in [7, 11) is 0. The van der Waals surface area contributed by atoms with Crippen molar-refractivity contribution < 1.29 is 9.59 Å². The van der Waals surface area contributed by atoms with E-state index in [1.54, 1.807) is 18.2 Å². The van der Waals surface area contributed by atoms with Crippen molar-refractivity contribution in [2.45, 2.75) is 0 Å². The first-order valence-corrected chi connectivity index (χ1v) is 6.64. The predicted octanol–water partition coefficient (Wildman–Crippen LogP) is 3.46. The maximum Gasteiger partial charge on any atom is 0.196 e. The molecule has 0 aromatic heterocycles. The maximum atomic E-state index is 12.4. The van der Waals surface area contributed by atoms with E-state index in [1.165, 1.54) is 12.1 Å². The molecule has 0 saturated heterocycles. The number of anilines is 1. The van der Waals surface area contributed by atoms with Gasteiger partial charge in [-0.05, 0) is 30.3 Å². The number of benzene rings is 2. The van der Waals surface area contributed by atoms with Crippen LogP contribution >= 0.6 is 27.5 Å². The Morgan fingerprint density at radius 2 is 1.63 bits per heavy atom. The molecule has 1 aliphatic rings. The quantitative estimate of drug-likeness (QED) is 0.640. The van der Waals surface area contributed by atoms with Gasteiger partial charge in [-0.2, -0.15) is 0 Å². The minimum absolute atomic E-state index is 0.158. The first kappa shape index (κ1) is 12.4. The van der Waals surface area contributed by atoms with Crippen LogP contribution in [0.5, 0.6) is 0 Å². The van der Waals surface area contributed by atoms with Crippen LogP contribution in [0.4, 0.5) is 5.69 Å². The number of nitrogen functional groups attached to an aromatic ring is 1. The van der Waals surface area contributed by atoms with E-state index in [-0.39, 0.29) is 27.8 Å². The van der Waals surface area contributed by atoms with Gasteiger partial charge in [0.25, 0.3) is 0 Å². The number of halogens is 2. The topological polar surface area (TPSA) is 60.2 Å². The zero-order valence-electron chi connectivity index (χ0n) is 9.54. The number of hydrogen-bond acceptors (Lipinski definition) is 3. The molecule has 1 aliphatic carbocycles. The van der Waals surface area contributed by atoms with Crippen LogP contribution in [0.25, 0.3) is 0 Å². The Kier molecular flexibility index (Phi) is 2.73. The third kappa shape index (κ3) is 1.71. The lowest BCUT2D eigenvalue weighted by Gasteiger charge is -2.19. The van der Waals surface area contributed by atoms with Crippen molar-refractivity contribution >= 4 is 44.8 Å². The molecule has 0 fully saturated rings. The summed E-state index contributed by atoms with van der Waals surface area (Å²) >= 11 is 9.21. The van der Waals surface area contributed by atoms with Gasteiger partial charge in [0.2, 0.25) is 0 Å². The molecule has 0 aliphatic heterocycles. The molecule has 0 unspecified atom stereocenters. The van der Waals surface area contributed by atoms with Crippen molar-refractivity contribution in [2.24, 2.45) is 0 Å². The van der Waals surface area contributed by atoms with E-state index in [2.05, 4.69) is 15.9 Å². The molecule has 2 aromatic rings. The van der Waals surface area contributed by atoms with E-state index >= 15 is 0 Å². The fraction of sp³-hybridized carbons (Fsp3) is 0. The van der Waals surface area contributed by atoms with Gasteiger partial charge in [0.15, 0.2) is 11.6 Å². The van der Waals surface area contributed by atoms with E-state index in [9.17, 15) is 9.59 Å². The van der Waals surface area contributed by atoms with Gasteiger partial charge in [-0.3, -0.25) is 9.59 Å².